The van der Waals surface area contributed by atoms with Crippen molar-refractivity contribution in [1.82, 2.24) is 9.97 Å². The molecule has 1 heterocycles. The van der Waals surface area contributed by atoms with Gasteiger partial charge < -0.3 is 10.0 Å². The molecule has 1 aromatic heterocycles. The summed E-state index contributed by atoms with van der Waals surface area (Å²) in [4.78, 5) is 22.9. The molecule has 0 unspecified atom stereocenters. The Labute approximate surface area is 147 Å². The SMILES string of the molecule is CC[C@@H](C)N(C)c1nc2cc(C(=O)O)ccc2nc1-c1ccccc1. The van der Waals surface area contributed by atoms with Crippen LogP contribution in [0.15, 0.2) is 48.5 Å². The van der Waals surface area contributed by atoms with Crippen LogP contribution in [0.4, 0.5) is 5.82 Å². The molecular weight excluding hydrogens is 314 g/mol. The molecule has 0 aliphatic carbocycles. The molecule has 0 fully saturated rings. The fourth-order valence-electron chi connectivity index (χ4n) is 2.70. The average Bonchev–Trinajstić information content (AvgIpc) is 2.65. The first-order valence-electron chi connectivity index (χ1n) is 8.34. The highest BCUT2D eigenvalue weighted by Gasteiger charge is 2.18. The van der Waals surface area contributed by atoms with E-state index in [0.29, 0.717) is 11.0 Å². The Kier molecular flexibility index (Phi) is 4.65. The molecule has 25 heavy (non-hydrogen) atoms. The number of carboxylic acid groups (broad SMARTS) is 1. The number of anilines is 1. The number of hydrogen-bond donors (Lipinski definition) is 1. The second-order valence-corrected chi connectivity index (χ2v) is 6.14. The Morgan fingerprint density at radius 3 is 2.48 bits per heavy atom. The molecule has 1 atom stereocenters. The number of carboxylic acids is 1. The Bertz CT molecular complexity index is 909. The first kappa shape index (κ1) is 16.9. The lowest BCUT2D eigenvalue weighted by Gasteiger charge is -2.27. The number of rotatable bonds is 5. The number of fused-ring (bicyclic) bond motifs is 1. The lowest BCUT2D eigenvalue weighted by Crippen LogP contribution is -2.29. The predicted octanol–water partition coefficient (Wildman–Crippen LogP) is 4.23. The van der Waals surface area contributed by atoms with Crippen molar-refractivity contribution in [1.29, 1.82) is 0 Å². The molecule has 5 heteroatoms. The summed E-state index contributed by atoms with van der Waals surface area (Å²) in [6.07, 6.45) is 0.972. The summed E-state index contributed by atoms with van der Waals surface area (Å²) in [6, 6.07) is 15.1. The minimum absolute atomic E-state index is 0.214. The summed E-state index contributed by atoms with van der Waals surface area (Å²) in [5.74, 6) is -0.205. The number of hydrogen-bond acceptors (Lipinski definition) is 4. The minimum Gasteiger partial charge on any atom is -0.478 e. The lowest BCUT2D eigenvalue weighted by atomic mass is 10.1. The van der Waals surface area contributed by atoms with E-state index >= 15 is 0 Å². The third-order valence-electron chi connectivity index (χ3n) is 4.53. The van der Waals surface area contributed by atoms with Crippen LogP contribution in [-0.2, 0) is 0 Å². The van der Waals surface area contributed by atoms with E-state index in [9.17, 15) is 9.90 Å². The largest absolute Gasteiger partial charge is 0.478 e. The maximum atomic E-state index is 11.2. The first-order valence-corrected chi connectivity index (χ1v) is 8.34. The monoisotopic (exact) mass is 335 g/mol. The van der Waals surface area contributed by atoms with E-state index in [0.717, 1.165) is 23.5 Å². The minimum atomic E-state index is -0.965. The molecule has 0 amide bonds. The Morgan fingerprint density at radius 1 is 1.12 bits per heavy atom. The van der Waals surface area contributed by atoms with Crippen molar-refractivity contribution in [2.45, 2.75) is 26.3 Å². The van der Waals surface area contributed by atoms with Gasteiger partial charge in [0.1, 0.15) is 5.69 Å². The molecule has 0 bridgehead atoms. The molecule has 128 valence electrons. The third kappa shape index (κ3) is 3.31. The molecule has 1 N–H and O–H groups in total. The molecule has 0 aliphatic heterocycles. The van der Waals surface area contributed by atoms with E-state index < -0.39 is 5.97 Å². The number of nitrogens with zero attached hydrogens (tertiary/aromatic N) is 3. The summed E-state index contributed by atoms with van der Waals surface area (Å²) in [6.45, 7) is 4.26. The molecule has 5 nitrogen and oxygen atoms in total. The van der Waals surface area contributed by atoms with Gasteiger partial charge in [-0.15, -0.1) is 0 Å². The molecule has 2 aromatic carbocycles. The smallest absolute Gasteiger partial charge is 0.335 e. The van der Waals surface area contributed by atoms with Crippen molar-refractivity contribution < 1.29 is 9.90 Å². The highest BCUT2D eigenvalue weighted by Crippen LogP contribution is 2.30. The van der Waals surface area contributed by atoms with Crippen molar-refractivity contribution >= 4 is 22.8 Å². The molecular formula is C20H21N3O2. The second kappa shape index (κ2) is 6.89. The average molecular weight is 335 g/mol. The number of benzene rings is 2. The standard InChI is InChI=1S/C20H21N3O2/c1-4-13(2)23(3)19-18(14-8-6-5-7-9-14)21-16-11-10-15(20(24)25)12-17(16)22-19/h5-13H,4H2,1-3H3,(H,24,25)/t13-/m1/s1. The van der Waals surface area contributed by atoms with Crippen LogP contribution in [-0.4, -0.2) is 34.1 Å². The van der Waals surface area contributed by atoms with Gasteiger partial charge >= 0.3 is 5.97 Å². The van der Waals surface area contributed by atoms with Gasteiger partial charge in [-0.3, -0.25) is 0 Å². The lowest BCUT2D eigenvalue weighted by molar-refractivity contribution is 0.0697. The first-order chi connectivity index (χ1) is 12.0. The van der Waals surface area contributed by atoms with Gasteiger partial charge in [-0.2, -0.15) is 0 Å². The van der Waals surface area contributed by atoms with E-state index in [1.165, 1.54) is 0 Å². The molecule has 0 radical (unpaired) electrons. The van der Waals surface area contributed by atoms with Gasteiger partial charge in [-0.25, -0.2) is 14.8 Å². The Hall–Kier alpha value is -2.95. The van der Waals surface area contributed by atoms with Gasteiger partial charge in [0.25, 0.3) is 0 Å². The third-order valence-corrected chi connectivity index (χ3v) is 4.53. The quantitative estimate of drug-likeness (QED) is 0.756. The zero-order chi connectivity index (χ0) is 18.0. The van der Waals surface area contributed by atoms with Crippen LogP contribution in [0.5, 0.6) is 0 Å². The molecule has 3 aromatic rings. The van der Waals surface area contributed by atoms with Crippen LogP contribution >= 0.6 is 0 Å². The van der Waals surface area contributed by atoms with Crippen molar-refractivity contribution in [3.8, 4) is 11.3 Å². The van der Waals surface area contributed by atoms with E-state index in [1.807, 2.05) is 37.4 Å². The summed E-state index contributed by atoms with van der Waals surface area (Å²) >= 11 is 0. The number of aromatic nitrogens is 2. The van der Waals surface area contributed by atoms with Crippen LogP contribution < -0.4 is 4.90 Å². The van der Waals surface area contributed by atoms with Crippen LogP contribution in [0.3, 0.4) is 0 Å². The van der Waals surface area contributed by atoms with Gasteiger partial charge in [0.2, 0.25) is 0 Å². The molecule has 0 saturated carbocycles. The Balaban J connectivity index is 2.25. The normalized spacial score (nSPS) is 12.1. The zero-order valence-corrected chi connectivity index (χ0v) is 14.6. The number of carbonyl (C=O) groups is 1. The summed E-state index contributed by atoms with van der Waals surface area (Å²) in [7, 11) is 2.00. The van der Waals surface area contributed by atoms with Gasteiger partial charge in [-0.1, -0.05) is 37.3 Å². The van der Waals surface area contributed by atoms with Crippen molar-refractivity contribution in [3.05, 3.63) is 54.1 Å². The van der Waals surface area contributed by atoms with Crippen molar-refractivity contribution in [2.75, 3.05) is 11.9 Å². The van der Waals surface area contributed by atoms with Gasteiger partial charge in [0, 0.05) is 18.7 Å². The van der Waals surface area contributed by atoms with Crippen LogP contribution in [0.25, 0.3) is 22.3 Å². The molecule has 0 saturated heterocycles. The fraction of sp³-hybridized carbons (Fsp3) is 0.250. The summed E-state index contributed by atoms with van der Waals surface area (Å²) in [5, 5.41) is 9.22. The number of aromatic carboxylic acids is 1. The molecule has 3 rings (SSSR count). The van der Waals surface area contributed by atoms with Crippen LogP contribution in [0.1, 0.15) is 30.6 Å². The highest BCUT2D eigenvalue weighted by molar-refractivity contribution is 5.93. The zero-order valence-electron chi connectivity index (χ0n) is 14.6. The maximum Gasteiger partial charge on any atom is 0.335 e. The Morgan fingerprint density at radius 2 is 1.84 bits per heavy atom. The van der Waals surface area contributed by atoms with Gasteiger partial charge in [-0.05, 0) is 31.5 Å². The summed E-state index contributed by atoms with van der Waals surface area (Å²) < 4.78 is 0. The highest BCUT2D eigenvalue weighted by atomic mass is 16.4. The van der Waals surface area contributed by atoms with Gasteiger partial charge in [0.15, 0.2) is 5.82 Å². The summed E-state index contributed by atoms with van der Waals surface area (Å²) in [5.41, 5.74) is 3.28. The molecule has 0 aliphatic rings. The fourth-order valence-corrected chi connectivity index (χ4v) is 2.70. The van der Waals surface area contributed by atoms with E-state index in [-0.39, 0.29) is 11.6 Å². The topological polar surface area (TPSA) is 66.3 Å². The van der Waals surface area contributed by atoms with Crippen LogP contribution in [0.2, 0.25) is 0 Å². The van der Waals surface area contributed by atoms with E-state index in [1.54, 1.807) is 18.2 Å². The predicted molar refractivity (Wildman–Crippen MR) is 100 cm³/mol. The molecule has 0 spiro atoms. The van der Waals surface area contributed by atoms with E-state index in [2.05, 4.69) is 18.7 Å². The van der Waals surface area contributed by atoms with E-state index in [4.69, 9.17) is 9.97 Å². The second-order valence-electron chi connectivity index (χ2n) is 6.14. The van der Waals surface area contributed by atoms with Crippen molar-refractivity contribution in [3.63, 3.8) is 0 Å². The maximum absolute atomic E-state index is 11.2. The van der Waals surface area contributed by atoms with Crippen LogP contribution in [0, 0.1) is 0 Å². The van der Waals surface area contributed by atoms with Crippen molar-refractivity contribution in [2.24, 2.45) is 0 Å². The van der Waals surface area contributed by atoms with Gasteiger partial charge in [0.05, 0.1) is 16.6 Å².